The Balaban J connectivity index is 2.04. The highest BCUT2D eigenvalue weighted by Crippen LogP contribution is 2.45. The molecule has 0 amide bonds. The minimum Gasteiger partial charge on any atom is -0.496 e. The molecule has 0 heterocycles. The number of hydrogen-bond donors (Lipinski definition) is 0. The quantitative estimate of drug-likeness (QED) is 0.537. The molecule has 3 aromatic rings. The Kier molecular flexibility index (Phi) is 5.86. The van der Waals surface area contributed by atoms with Crippen LogP contribution >= 0.6 is 19.5 Å². The van der Waals surface area contributed by atoms with Gasteiger partial charge < -0.3 is 4.74 Å². The van der Waals surface area contributed by atoms with Crippen molar-refractivity contribution in [1.82, 2.24) is 0 Å². The predicted molar refractivity (Wildman–Crippen MR) is 105 cm³/mol. The molecule has 0 saturated carbocycles. The highest BCUT2D eigenvalue weighted by atomic mass is 35.5. The van der Waals surface area contributed by atoms with Crippen LogP contribution in [0.3, 0.4) is 0 Å². The summed E-state index contributed by atoms with van der Waals surface area (Å²) < 4.78 is 5.39. The Morgan fingerprint density at radius 2 is 1.56 bits per heavy atom. The molecule has 4 heteroatoms. The topological polar surface area (TPSA) is 26.3 Å². The lowest BCUT2D eigenvalue weighted by Gasteiger charge is -2.19. The first-order valence-corrected chi connectivity index (χ1v) is 9.84. The molecule has 0 saturated heterocycles. The van der Waals surface area contributed by atoms with E-state index in [2.05, 4.69) is 12.1 Å². The maximum Gasteiger partial charge on any atom is 0.194 e. The molecule has 0 aliphatic rings. The maximum absolute atomic E-state index is 13.4. The molecule has 0 fully saturated rings. The van der Waals surface area contributed by atoms with Gasteiger partial charge >= 0.3 is 0 Å². The molecule has 0 spiro atoms. The van der Waals surface area contributed by atoms with Crippen molar-refractivity contribution in [3.8, 4) is 5.75 Å². The van der Waals surface area contributed by atoms with E-state index in [4.69, 9.17) is 16.3 Å². The summed E-state index contributed by atoms with van der Waals surface area (Å²) in [6.07, 6.45) is 0.674. The second-order valence-corrected chi connectivity index (χ2v) is 8.03. The summed E-state index contributed by atoms with van der Waals surface area (Å²) in [4.78, 5) is 13.4. The lowest BCUT2D eigenvalue weighted by atomic mass is 10.2. The average molecular weight is 369 g/mol. The van der Waals surface area contributed by atoms with Crippen LogP contribution in [-0.2, 0) is 6.16 Å². The van der Waals surface area contributed by atoms with Crippen LogP contribution in [0.5, 0.6) is 5.75 Å². The summed E-state index contributed by atoms with van der Waals surface area (Å²) in [7, 11) is 0.449. The number of halogens is 1. The SMILES string of the molecule is COc1cccc(Cl)c1C(=O)P(Cc1ccccc1)c1ccccc1. The molecular formula is C21H18ClO2P. The van der Waals surface area contributed by atoms with Gasteiger partial charge in [0.05, 0.1) is 17.7 Å². The summed E-state index contributed by atoms with van der Waals surface area (Å²) in [5, 5.41) is 1.47. The molecule has 0 N–H and O–H groups in total. The fourth-order valence-electron chi connectivity index (χ4n) is 2.67. The van der Waals surface area contributed by atoms with Gasteiger partial charge in [-0.2, -0.15) is 0 Å². The largest absolute Gasteiger partial charge is 0.496 e. The van der Waals surface area contributed by atoms with Gasteiger partial charge in [-0.25, -0.2) is 0 Å². The number of carbonyl (C=O) groups is 1. The molecule has 0 aliphatic carbocycles. The van der Waals surface area contributed by atoms with E-state index in [1.807, 2.05) is 48.5 Å². The normalized spacial score (nSPS) is 11.8. The van der Waals surface area contributed by atoms with Gasteiger partial charge in [-0.05, 0) is 23.0 Å². The van der Waals surface area contributed by atoms with E-state index in [1.165, 1.54) is 0 Å². The molecule has 126 valence electrons. The Morgan fingerprint density at radius 3 is 2.20 bits per heavy atom. The fourth-order valence-corrected chi connectivity index (χ4v) is 5.16. The van der Waals surface area contributed by atoms with Crippen molar-refractivity contribution in [1.29, 1.82) is 0 Å². The highest BCUT2D eigenvalue weighted by Gasteiger charge is 2.26. The van der Waals surface area contributed by atoms with Gasteiger partial charge in [0.15, 0.2) is 5.52 Å². The van der Waals surface area contributed by atoms with Gasteiger partial charge in [-0.3, -0.25) is 4.79 Å². The van der Waals surface area contributed by atoms with E-state index < -0.39 is 7.92 Å². The molecule has 2 nitrogen and oxygen atoms in total. The number of methoxy groups -OCH3 is 1. The summed E-state index contributed by atoms with van der Waals surface area (Å²) in [6, 6.07) is 25.3. The van der Waals surface area contributed by atoms with Gasteiger partial charge in [0, 0.05) is 14.1 Å². The van der Waals surface area contributed by atoms with Crippen molar-refractivity contribution < 1.29 is 9.53 Å². The van der Waals surface area contributed by atoms with Crippen molar-refractivity contribution in [2.45, 2.75) is 6.16 Å². The summed E-state index contributed by atoms with van der Waals surface area (Å²) in [5.41, 5.74) is 1.64. The van der Waals surface area contributed by atoms with Gasteiger partial charge in [-0.1, -0.05) is 78.3 Å². The van der Waals surface area contributed by atoms with E-state index in [1.54, 1.807) is 25.3 Å². The average Bonchev–Trinajstić information content (AvgIpc) is 2.67. The zero-order chi connectivity index (χ0) is 17.6. The third kappa shape index (κ3) is 4.10. The van der Waals surface area contributed by atoms with Crippen LogP contribution in [0, 0.1) is 0 Å². The molecular weight excluding hydrogens is 351 g/mol. The van der Waals surface area contributed by atoms with Crippen LogP contribution in [-0.4, -0.2) is 12.6 Å². The van der Waals surface area contributed by atoms with Gasteiger partial charge in [-0.15, -0.1) is 0 Å². The van der Waals surface area contributed by atoms with Crippen LogP contribution in [0.4, 0.5) is 0 Å². The van der Waals surface area contributed by atoms with E-state index in [-0.39, 0.29) is 5.52 Å². The Labute approximate surface area is 154 Å². The molecule has 0 bridgehead atoms. The van der Waals surface area contributed by atoms with Gasteiger partial charge in [0.2, 0.25) is 0 Å². The standard InChI is InChI=1S/C21H18ClO2P/c1-24-19-14-8-13-18(22)20(19)21(23)25(17-11-6-3-7-12-17)15-16-9-4-2-5-10-16/h2-14H,15H2,1H3. The van der Waals surface area contributed by atoms with Crippen molar-refractivity contribution in [2.75, 3.05) is 7.11 Å². The van der Waals surface area contributed by atoms with Crippen LogP contribution in [0.25, 0.3) is 0 Å². The molecule has 3 rings (SSSR count). The first-order valence-electron chi connectivity index (χ1n) is 7.94. The lowest BCUT2D eigenvalue weighted by molar-refractivity contribution is 0.108. The smallest absolute Gasteiger partial charge is 0.194 e. The first-order chi connectivity index (χ1) is 12.2. The summed E-state index contributed by atoms with van der Waals surface area (Å²) in [6.45, 7) is 0. The third-order valence-corrected chi connectivity index (χ3v) is 6.54. The Hall–Kier alpha value is -2.15. The maximum atomic E-state index is 13.4. The van der Waals surface area contributed by atoms with Gasteiger partial charge in [0.25, 0.3) is 0 Å². The zero-order valence-corrected chi connectivity index (χ0v) is 15.5. The second-order valence-electron chi connectivity index (χ2n) is 5.53. The molecule has 0 aliphatic heterocycles. The molecule has 1 unspecified atom stereocenters. The second kappa shape index (κ2) is 8.29. The Morgan fingerprint density at radius 1 is 0.920 bits per heavy atom. The third-order valence-electron chi connectivity index (χ3n) is 3.91. The monoisotopic (exact) mass is 368 g/mol. The zero-order valence-electron chi connectivity index (χ0n) is 13.9. The van der Waals surface area contributed by atoms with Crippen LogP contribution < -0.4 is 10.0 Å². The van der Waals surface area contributed by atoms with E-state index >= 15 is 0 Å². The van der Waals surface area contributed by atoms with Crippen molar-refractivity contribution in [3.63, 3.8) is 0 Å². The molecule has 3 aromatic carbocycles. The predicted octanol–water partition coefficient (Wildman–Crippen LogP) is 5.50. The van der Waals surface area contributed by atoms with E-state index in [0.717, 1.165) is 10.9 Å². The van der Waals surface area contributed by atoms with E-state index in [9.17, 15) is 4.79 Å². The van der Waals surface area contributed by atoms with Crippen LogP contribution in [0.1, 0.15) is 15.9 Å². The number of ether oxygens (including phenoxy) is 1. The Bertz CT molecular complexity index is 850. The van der Waals surface area contributed by atoms with Crippen LogP contribution in [0.2, 0.25) is 5.02 Å². The number of hydrogen-bond acceptors (Lipinski definition) is 2. The van der Waals surface area contributed by atoms with Crippen molar-refractivity contribution in [2.24, 2.45) is 0 Å². The van der Waals surface area contributed by atoms with Crippen molar-refractivity contribution >= 4 is 30.4 Å². The first kappa shape index (κ1) is 17.7. The van der Waals surface area contributed by atoms with Gasteiger partial charge in [0.1, 0.15) is 5.75 Å². The highest BCUT2D eigenvalue weighted by molar-refractivity contribution is 7.81. The number of benzene rings is 3. The van der Waals surface area contributed by atoms with Crippen LogP contribution in [0.15, 0.2) is 78.9 Å². The number of rotatable bonds is 6. The van der Waals surface area contributed by atoms with Crippen molar-refractivity contribution in [3.05, 3.63) is 95.0 Å². The molecule has 0 aromatic heterocycles. The summed E-state index contributed by atoms with van der Waals surface area (Å²) in [5.74, 6) is 0.522. The number of carbonyl (C=O) groups excluding carboxylic acids is 1. The minimum absolute atomic E-state index is 0.0347. The fraction of sp³-hybridized carbons (Fsp3) is 0.0952. The minimum atomic E-state index is -1.11. The lowest BCUT2D eigenvalue weighted by Crippen LogP contribution is -2.12. The molecule has 0 radical (unpaired) electrons. The molecule has 25 heavy (non-hydrogen) atoms. The molecule has 1 atom stereocenters. The van der Waals surface area contributed by atoms with E-state index in [0.29, 0.717) is 22.5 Å². The summed E-state index contributed by atoms with van der Waals surface area (Å²) >= 11 is 6.35.